The average Bonchev–Trinajstić information content (AvgIpc) is 3.11. The lowest BCUT2D eigenvalue weighted by atomic mass is 9.90. The maximum Gasteiger partial charge on any atom is 0.257 e. The molecule has 1 aliphatic heterocycles. The molecule has 0 radical (unpaired) electrons. The van der Waals surface area contributed by atoms with Gasteiger partial charge in [-0.2, -0.15) is 0 Å². The van der Waals surface area contributed by atoms with Gasteiger partial charge in [0, 0.05) is 13.1 Å². The number of methoxy groups -OCH3 is 1. The van der Waals surface area contributed by atoms with Gasteiger partial charge < -0.3 is 19.8 Å². The maximum absolute atomic E-state index is 12.5. The minimum Gasteiger partial charge on any atom is -0.497 e. The van der Waals surface area contributed by atoms with Gasteiger partial charge in [0.2, 0.25) is 0 Å². The lowest BCUT2D eigenvalue weighted by Crippen LogP contribution is -2.38. The predicted molar refractivity (Wildman–Crippen MR) is 91.9 cm³/mol. The third-order valence-corrected chi connectivity index (χ3v) is 4.69. The van der Waals surface area contributed by atoms with Crippen LogP contribution in [0.5, 0.6) is 5.75 Å². The van der Waals surface area contributed by atoms with E-state index in [2.05, 4.69) is 12.1 Å². The molecule has 0 spiro atoms. The van der Waals surface area contributed by atoms with Gasteiger partial charge in [-0.15, -0.1) is 0 Å². The van der Waals surface area contributed by atoms with Crippen molar-refractivity contribution in [3.63, 3.8) is 0 Å². The molecule has 1 aliphatic rings. The molecule has 2 heterocycles. The largest absolute Gasteiger partial charge is 0.497 e. The molecule has 0 saturated carbocycles. The number of nitrogens with zero attached hydrogens (tertiary/aromatic N) is 1. The highest BCUT2D eigenvalue weighted by molar-refractivity contribution is 5.94. The Labute approximate surface area is 142 Å². The van der Waals surface area contributed by atoms with Crippen LogP contribution in [0.1, 0.15) is 34.5 Å². The molecular weight excluding hydrogens is 304 g/mol. The normalized spacial score (nSPS) is 15.5. The number of hydrogen-bond acceptors (Lipinski definition) is 4. The SMILES string of the molecule is COc1ccc(CC2CCN(C(=O)c3coc(CN)c3)CC2)cc1. The molecule has 128 valence electrons. The molecule has 3 rings (SSSR count). The van der Waals surface area contributed by atoms with Crippen LogP contribution in [0.15, 0.2) is 41.0 Å². The molecule has 0 atom stereocenters. The zero-order valence-corrected chi connectivity index (χ0v) is 14.0. The lowest BCUT2D eigenvalue weighted by molar-refractivity contribution is 0.0690. The van der Waals surface area contributed by atoms with Crippen LogP contribution < -0.4 is 10.5 Å². The van der Waals surface area contributed by atoms with Crippen LogP contribution in [0.25, 0.3) is 0 Å². The lowest BCUT2D eigenvalue weighted by Gasteiger charge is -2.31. The molecule has 2 aromatic rings. The number of carbonyl (C=O) groups is 1. The monoisotopic (exact) mass is 328 g/mol. The highest BCUT2D eigenvalue weighted by atomic mass is 16.5. The number of hydrogen-bond donors (Lipinski definition) is 1. The highest BCUT2D eigenvalue weighted by Crippen LogP contribution is 2.24. The fourth-order valence-electron chi connectivity index (χ4n) is 3.22. The fourth-order valence-corrected chi connectivity index (χ4v) is 3.22. The van der Waals surface area contributed by atoms with Crippen molar-refractivity contribution in [2.75, 3.05) is 20.2 Å². The molecule has 1 aromatic carbocycles. The van der Waals surface area contributed by atoms with E-state index in [9.17, 15) is 4.79 Å². The standard InChI is InChI=1S/C19H24N2O3/c1-23-17-4-2-14(3-5-17)10-15-6-8-21(9-7-15)19(22)16-11-18(12-20)24-13-16/h2-5,11,13,15H,6-10,12,20H2,1H3. The Morgan fingerprint density at radius 3 is 2.58 bits per heavy atom. The van der Waals surface area contributed by atoms with E-state index in [0.717, 1.165) is 38.1 Å². The summed E-state index contributed by atoms with van der Waals surface area (Å²) in [6.45, 7) is 1.91. The van der Waals surface area contributed by atoms with Gasteiger partial charge in [0.25, 0.3) is 5.91 Å². The van der Waals surface area contributed by atoms with Crippen molar-refractivity contribution in [1.82, 2.24) is 4.90 Å². The minimum absolute atomic E-state index is 0.0429. The molecular formula is C19H24N2O3. The Balaban J connectivity index is 1.52. The van der Waals surface area contributed by atoms with Gasteiger partial charge in [0.05, 0.1) is 19.2 Å². The number of likely N-dealkylation sites (tertiary alicyclic amines) is 1. The maximum atomic E-state index is 12.5. The smallest absolute Gasteiger partial charge is 0.257 e. The van der Waals surface area contributed by atoms with Gasteiger partial charge in [-0.05, 0) is 48.9 Å². The third-order valence-electron chi connectivity index (χ3n) is 4.69. The van der Waals surface area contributed by atoms with E-state index in [4.69, 9.17) is 14.9 Å². The quantitative estimate of drug-likeness (QED) is 0.916. The molecule has 1 amide bonds. The van der Waals surface area contributed by atoms with E-state index in [1.54, 1.807) is 13.2 Å². The van der Waals surface area contributed by atoms with Crippen molar-refractivity contribution in [3.8, 4) is 5.75 Å². The number of ether oxygens (including phenoxy) is 1. The number of carbonyl (C=O) groups excluding carboxylic acids is 1. The second kappa shape index (κ2) is 7.53. The van der Waals surface area contributed by atoms with Crippen LogP contribution in [0, 0.1) is 5.92 Å². The summed E-state index contributed by atoms with van der Waals surface area (Å²) in [4.78, 5) is 14.4. The highest BCUT2D eigenvalue weighted by Gasteiger charge is 2.24. The predicted octanol–water partition coefficient (Wildman–Crippen LogP) is 2.84. The van der Waals surface area contributed by atoms with E-state index in [0.29, 0.717) is 23.8 Å². The molecule has 0 aliphatic carbocycles. The number of nitrogens with two attached hydrogens (primary N) is 1. The van der Waals surface area contributed by atoms with Crippen molar-refractivity contribution in [2.45, 2.75) is 25.8 Å². The summed E-state index contributed by atoms with van der Waals surface area (Å²) in [6.07, 6.45) is 4.61. The second-order valence-corrected chi connectivity index (χ2v) is 6.29. The van der Waals surface area contributed by atoms with Crippen LogP contribution in [-0.2, 0) is 13.0 Å². The topological polar surface area (TPSA) is 68.7 Å². The van der Waals surface area contributed by atoms with E-state index in [1.807, 2.05) is 17.0 Å². The van der Waals surface area contributed by atoms with Crippen molar-refractivity contribution in [1.29, 1.82) is 0 Å². The van der Waals surface area contributed by atoms with Gasteiger partial charge in [-0.1, -0.05) is 12.1 Å². The van der Waals surface area contributed by atoms with Crippen LogP contribution in [0.4, 0.5) is 0 Å². The first-order valence-electron chi connectivity index (χ1n) is 8.39. The zero-order valence-electron chi connectivity index (χ0n) is 14.0. The van der Waals surface area contributed by atoms with Crippen molar-refractivity contribution in [2.24, 2.45) is 11.7 Å². The summed E-state index contributed by atoms with van der Waals surface area (Å²) in [5.74, 6) is 2.19. The Bertz CT molecular complexity index is 670. The van der Waals surface area contributed by atoms with E-state index in [1.165, 1.54) is 11.8 Å². The molecule has 0 unspecified atom stereocenters. The molecule has 5 nitrogen and oxygen atoms in total. The first kappa shape index (κ1) is 16.6. The summed E-state index contributed by atoms with van der Waals surface area (Å²) in [7, 11) is 1.68. The first-order chi connectivity index (χ1) is 11.7. The summed E-state index contributed by atoms with van der Waals surface area (Å²) < 4.78 is 10.5. The summed E-state index contributed by atoms with van der Waals surface area (Å²) in [5.41, 5.74) is 7.45. The molecule has 2 N–H and O–H groups in total. The second-order valence-electron chi connectivity index (χ2n) is 6.29. The fraction of sp³-hybridized carbons (Fsp3) is 0.421. The van der Waals surface area contributed by atoms with E-state index in [-0.39, 0.29) is 5.91 Å². The number of piperidine rings is 1. The Morgan fingerprint density at radius 1 is 1.29 bits per heavy atom. The molecule has 1 saturated heterocycles. The Morgan fingerprint density at radius 2 is 2.00 bits per heavy atom. The summed E-state index contributed by atoms with van der Waals surface area (Å²) in [5, 5.41) is 0. The van der Waals surface area contributed by atoms with Gasteiger partial charge in [-0.25, -0.2) is 0 Å². The van der Waals surface area contributed by atoms with Crippen LogP contribution in [0.2, 0.25) is 0 Å². The van der Waals surface area contributed by atoms with Gasteiger partial charge in [0.1, 0.15) is 17.8 Å². The third kappa shape index (κ3) is 3.79. The minimum atomic E-state index is 0.0429. The Kier molecular flexibility index (Phi) is 5.20. The van der Waals surface area contributed by atoms with Crippen molar-refractivity contribution < 1.29 is 13.9 Å². The van der Waals surface area contributed by atoms with Gasteiger partial charge in [0.15, 0.2) is 0 Å². The van der Waals surface area contributed by atoms with Crippen LogP contribution in [0.3, 0.4) is 0 Å². The average molecular weight is 328 g/mol. The van der Waals surface area contributed by atoms with Crippen LogP contribution >= 0.6 is 0 Å². The molecule has 1 fully saturated rings. The Hall–Kier alpha value is -2.27. The van der Waals surface area contributed by atoms with E-state index < -0.39 is 0 Å². The number of rotatable bonds is 5. The van der Waals surface area contributed by atoms with Crippen molar-refractivity contribution in [3.05, 3.63) is 53.5 Å². The van der Waals surface area contributed by atoms with Gasteiger partial charge >= 0.3 is 0 Å². The van der Waals surface area contributed by atoms with Crippen LogP contribution in [-0.4, -0.2) is 31.0 Å². The molecule has 24 heavy (non-hydrogen) atoms. The van der Waals surface area contributed by atoms with Crippen molar-refractivity contribution >= 4 is 5.91 Å². The van der Waals surface area contributed by atoms with E-state index >= 15 is 0 Å². The first-order valence-corrected chi connectivity index (χ1v) is 8.39. The summed E-state index contributed by atoms with van der Waals surface area (Å²) >= 11 is 0. The number of benzene rings is 1. The number of amides is 1. The van der Waals surface area contributed by atoms with Gasteiger partial charge in [-0.3, -0.25) is 4.79 Å². The number of furan rings is 1. The zero-order chi connectivity index (χ0) is 16.9. The summed E-state index contributed by atoms with van der Waals surface area (Å²) in [6, 6.07) is 9.99. The molecule has 0 bridgehead atoms. The molecule has 5 heteroatoms. The molecule has 1 aromatic heterocycles.